The van der Waals surface area contributed by atoms with Gasteiger partial charge in [-0.05, 0) is 44.2 Å². The lowest BCUT2D eigenvalue weighted by molar-refractivity contribution is 0.102. The third-order valence-corrected chi connectivity index (χ3v) is 4.20. The molecule has 0 bridgehead atoms. The van der Waals surface area contributed by atoms with Crippen LogP contribution in [0.25, 0.3) is 16.7 Å². The Morgan fingerprint density at radius 1 is 1.08 bits per heavy atom. The maximum Gasteiger partial charge on any atom is 0.255 e. The van der Waals surface area contributed by atoms with Crippen molar-refractivity contribution in [2.45, 2.75) is 13.8 Å². The molecule has 7 heteroatoms. The minimum Gasteiger partial charge on any atom is -0.331 e. The molecule has 24 heavy (non-hydrogen) atoms. The number of anilines is 1. The number of carbonyl (C=O) groups is 1. The number of fused-ring (bicyclic) bond motifs is 2. The third kappa shape index (κ3) is 2.21. The summed E-state index contributed by atoms with van der Waals surface area (Å²) in [5.41, 5.74) is 3.79. The third-order valence-electron chi connectivity index (χ3n) is 4.20. The van der Waals surface area contributed by atoms with Crippen LogP contribution in [0, 0.1) is 13.8 Å². The zero-order valence-corrected chi connectivity index (χ0v) is 13.6. The monoisotopic (exact) mass is 320 g/mol. The molecule has 0 aliphatic carbocycles. The molecule has 1 N–H and O–H groups in total. The summed E-state index contributed by atoms with van der Waals surface area (Å²) >= 11 is 0. The van der Waals surface area contributed by atoms with E-state index in [1.54, 1.807) is 18.3 Å². The van der Waals surface area contributed by atoms with Gasteiger partial charge in [0.1, 0.15) is 11.6 Å². The van der Waals surface area contributed by atoms with Gasteiger partial charge in [-0.2, -0.15) is 0 Å². The second kappa shape index (κ2) is 5.16. The number of hydrogen-bond acceptors (Lipinski definition) is 4. The van der Waals surface area contributed by atoms with Gasteiger partial charge in [0.2, 0.25) is 0 Å². The number of imidazole rings is 1. The molecule has 0 radical (unpaired) electrons. The number of hydrogen-bond donors (Lipinski definition) is 1. The van der Waals surface area contributed by atoms with E-state index in [9.17, 15) is 4.79 Å². The summed E-state index contributed by atoms with van der Waals surface area (Å²) < 4.78 is 3.85. The van der Waals surface area contributed by atoms with Gasteiger partial charge in [0.25, 0.3) is 5.91 Å². The Bertz CT molecular complexity index is 1090. The summed E-state index contributed by atoms with van der Waals surface area (Å²) in [5.74, 6) is 1.53. The molecule has 0 aliphatic heterocycles. The number of nitrogens with one attached hydrogen (secondary N) is 1. The summed E-state index contributed by atoms with van der Waals surface area (Å²) in [6, 6.07) is 9.18. The smallest absolute Gasteiger partial charge is 0.255 e. The quantitative estimate of drug-likeness (QED) is 0.615. The Hall–Kier alpha value is -3.22. The second-order valence-electron chi connectivity index (χ2n) is 5.77. The predicted molar refractivity (Wildman–Crippen MR) is 91.1 cm³/mol. The van der Waals surface area contributed by atoms with Crippen LogP contribution in [0.1, 0.15) is 22.0 Å². The first-order chi connectivity index (χ1) is 11.5. The van der Waals surface area contributed by atoms with Crippen LogP contribution in [0.2, 0.25) is 0 Å². The first-order valence-electron chi connectivity index (χ1n) is 7.59. The molecule has 0 spiro atoms. The number of carbonyl (C=O) groups excluding carboxylic acids is 1. The molecule has 3 heterocycles. The highest BCUT2D eigenvalue weighted by atomic mass is 16.1. The molecule has 1 aromatic carbocycles. The zero-order chi connectivity index (χ0) is 16.8. The van der Waals surface area contributed by atoms with Crippen molar-refractivity contribution < 1.29 is 4.79 Å². The van der Waals surface area contributed by atoms with E-state index in [1.165, 1.54) is 0 Å². The fourth-order valence-corrected chi connectivity index (χ4v) is 2.75. The summed E-state index contributed by atoms with van der Waals surface area (Å²) in [6.07, 6.45) is 1.80. The number of amides is 1. The van der Waals surface area contributed by atoms with Crippen LogP contribution >= 0.6 is 0 Å². The minimum atomic E-state index is -0.190. The number of aryl methyl sites for hydroxylation is 3. The molecule has 0 saturated heterocycles. The summed E-state index contributed by atoms with van der Waals surface area (Å²) in [5, 5.41) is 10.9. The topological polar surface area (TPSA) is 77.1 Å². The number of rotatable bonds is 2. The van der Waals surface area contributed by atoms with Crippen molar-refractivity contribution in [3.8, 4) is 0 Å². The van der Waals surface area contributed by atoms with Crippen molar-refractivity contribution in [3.05, 3.63) is 53.7 Å². The van der Waals surface area contributed by atoms with Crippen LogP contribution in [-0.2, 0) is 7.05 Å². The fraction of sp³-hybridized carbons (Fsp3) is 0.176. The maximum absolute atomic E-state index is 12.5. The Labute approximate surface area is 138 Å². The van der Waals surface area contributed by atoms with Gasteiger partial charge in [-0.25, -0.2) is 4.98 Å². The number of benzene rings is 1. The molecule has 4 aromatic rings. The van der Waals surface area contributed by atoms with Gasteiger partial charge < -0.3 is 9.88 Å². The molecule has 3 aromatic heterocycles. The Kier molecular flexibility index (Phi) is 3.09. The second-order valence-corrected chi connectivity index (χ2v) is 5.77. The van der Waals surface area contributed by atoms with Gasteiger partial charge in [0.05, 0.1) is 11.0 Å². The highest BCUT2D eigenvalue weighted by molar-refractivity contribution is 6.05. The normalized spacial score (nSPS) is 11.3. The van der Waals surface area contributed by atoms with Crippen LogP contribution in [-0.4, -0.2) is 30.1 Å². The SMILES string of the molecule is Cc1nc2cc(NC(=O)c3ccn4c(C)nnc4c3)ccc2n1C. The molecular weight excluding hydrogens is 304 g/mol. The van der Waals surface area contributed by atoms with Gasteiger partial charge >= 0.3 is 0 Å². The highest BCUT2D eigenvalue weighted by Gasteiger charge is 2.11. The average Bonchev–Trinajstić information content (AvgIpc) is 3.07. The van der Waals surface area contributed by atoms with Gasteiger partial charge in [-0.1, -0.05) is 0 Å². The molecule has 1 amide bonds. The van der Waals surface area contributed by atoms with Crippen molar-refractivity contribution in [1.82, 2.24) is 24.1 Å². The van der Waals surface area contributed by atoms with Crippen molar-refractivity contribution in [2.75, 3.05) is 5.32 Å². The first-order valence-corrected chi connectivity index (χ1v) is 7.59. The van der Waals surface area contributed by atoms with E-state index >= 15 is 0 Å². The van der Waals surface area contributed by atoms with Crippen LogP contribution < -0.4 is 5.32 Å². The van der Waals surface area contributed by atoms with E-state index in [-0.39, 0.29) is 5.91 Å². The largest absolute Gasteiger partial charge is 0.331 e. The number of nitrogens with zero attached hydrogens (tertiary/aromatic N) is 5. The van der Waals surface area contributed by atoms with E-state index in [1.807, 2.05) is 48.1 Å². The molecule has 120 valence electrons. The molecule has 4 rings (SSSR count). The van der Waals surface area contributed by atoms with Crippen LogP contribution in [0.15, 0.2) is 36.5 Å². The maximum atomic E-state index is 12.5. The summed E-state index contributed by atoms with van der Waals surface area (Å²) in [7, 11) is 1.97. The summed E-state index contributed by atoms with van der Waals surface area (Å²) in [4.78, 5) is 17.0. The lowest BCUT2D eigenvalue weighted by Gasteiger charge is -2.06. The molecule has 0 saturated carbocycles. The highest BCUT2D eigenvalue weighted by Crippen LogP contribution is 2.20. The van der Waals surface area contributed by atoms with Crippen molar-refractivity contribution >= 4 is 28.3 Å². The van der Waals surface area contributed by atoms with E-state index in [2.05, 4.69) is 20.5 Å². The molecule has 7 nitrogen and oxygen atoms in total. The Balaban J connectivity index is 1.64. The van der Waals surface area contributed by atoms with E-state index < -0.39 is 0 Å². The van der Waals surface area contributed by atoms with Crippen LogP contribution in [0.3, 0.4) is 0 Å². The number of pyridine rings is 1. The van der Waals surface area contributed by atoms with Gasteiger partial charge in [0, 0.05) is 24.5 Å². The Morgan fingerprint density at radius 3 is 2.75 bits per heavy atom. The van der Waals surface area contributed by atoms with Gasteiger partial charge in [0.15, 0.2) is 5.65 Å². The van der Waals surface area contributed by atoms with Crippen molar-refractivity contribution in [3.63, 3.8) is 0 Å². The Morgan fingerprint density at radius 2 is 1.92 bits per heavy atom. The van der Waals surface area contributed by atoms with Crippen molar-refractivity contribution in [2.24, 2.45) is 7.05 Å². The first kappa shape index (κ1) is 14.4. The number of aromatic nitrogens is 5. The molecular formula is C17H16N6O. The molecule has 0 aliphatic rings. The zero-order valence-electron chi connectivity index (χ0n) is 13.6. The van der Waals surface area contributed by atoms with E-state index in [4.69, 9.17) is 0 Å². The standard InChI is InChI=1S/C17H16N6O/c1-10-18-14-9-13(4-5-15(14)22(10)3)19-17(24)12-6-7-23-11(2)20-21-16(23)8-12/h4-9H,1-3H3,(H,19,24). The predicted octanol–water partition coefficient (Wildman–Crippen LogP) is 2.49. The molecule has 0 fully saturated rings. The van der Waals surface area contributed by atoms with Gasteiger partial charge in [-0.3, -0.25) is 9.20 Å². The minimum absolute atomic E-state index is 0.190. The van der Waals surface area contributed by atoms with E-state index in [0.717, 1.165) is 22.7 Å². The van der Waals surface area contributed by atoms with Crippen LogP contribution in [0.4, 0.5) is 5.69 Å². The van der Waals surface area contributed by atoms with E-state index in [0.29, 0.717) is 16.9 Å². The lowest BCUT2D eigenvalue weighted by Crippen LogP contribution is -2.12. The molecule has 0 unspecified atom stereocenters. The average molecular weight is 320 g/mol. The van der Waals surface area contributed by atoms with Crippen molar-refractivity contribution in [1.29, 1.82) is 0 Å². The van der Waals surface area contributed by atoms with Gasteiger partial charge in [-0.15, -0.1) is 10.2 Å². The lowest BCUT2D eigenvalue weighted by atomic mass is 10.2. The fourth-order valence-electron chi connectivity index (χ4n) is 2.75. The van der Waals surface area contributed by atoms with Crippen LogP contribution in [0.5, 0.6) is 0 Å². The molecule has 0 atom stereocenters. The summed E-state index contributed by atoms with van der Waals surface area (Å²) in [6.45, 7) is 3.82.